The Morgan fingerprint density at radius 3 is 2.44 bits per heavy atom. The zero-order valence-corrected chi connectivity index (χ0v) is 16.0. The van der Waals surface area contributed by atoms with E-state index in [2.05, 4.69) is 10.6 Å². The minimum absolute atomic E-state index is 0.156. The number of hydrogen-bond acceptors (Lipinski definition) is 4. The molecule has 27 heavy (non-hydrogen) atoms. The van der Waals surface area contributed by atoms with Crippen molar-refractivity contribution >= 4 is 23.5 Å². The van der Waals surface area contributed by atoms with Gasteiger partial charge in [-0.15, -0.1) is 0 Å². The van der Waals surface area contributed by atoms with Gasteiger partial charge in [0.15, 0.2) is 6.61 Å². The first-order chi connectivity index (χ1) is 12.9. The van der Waals surface area contributed by atoms with Crippen LogP contribution < -0.4 is 10.6 Å². The Morgan fingerprint density at radius 1 is 1.07 bits per heavy atom. The first-order valence-corrected chi connectivity index (χ1v) is 9.70. The van der Waals surface area contributed by atoms with E-state index >= 15 is 0 Å². The average Bonchev–Trinajstić information content (AvgIpc) is 3.24. The van der Waals surface area contributed by atoms with Gasteiger partial charge in [0, 0.05) is 12.1 Å². The number of nitrogens with one attached hydrogen (secondary N) is 2. The lowest BCUT2D eigenvalue weighted by Gasteiger charge is -2.20. The van der Waals surface area contributed by atoms with Crippen LogP contribution in [0.1, 0.15) is 43.2 Å². The summed E-state index contributed by atoms with van der Waals surface area (Å²) in [5, 5.41) is 5.29. The minimum atomic E-state index is -0.465. The molecule has 6 heteroatoms. The number of fused-ring (bicyclic) bond motifs is 2. The van der Waals surface area contributed by atoms with Gasteiger partial charge in [0.25, 0.3) is 5.91 Å². The SMILES string of the molecule is Cc1cccc(C)c1NC(=O)CNC(=O)COC(=O)C[C@@H]1C[C@H]2CC[C@@H]1C2. The first-order valence-electron chi connectivity index (χ1n) is 9.70. The molecule has 2 bridgehead atoms. The van der Waals surface area contributed by atoms with Gasteiger partial charge in [-0.2, -0.15) is 0 Å². The molecule has 1 aromatic rings. The summed E-state index contributed by atoms with van der Waals surface area (Å²) >= 11 is 0. The predicted octanol–water partition coefficient (Wildman–Crippen LogP) is 2.73. The van der Waals surface area contributed by atoms with Crippen LogP contribution in [-0.4, -0.2) is 30.9 Å². The van der Waals surface area contributed by atoms with Crippen LogP contribution in [0.25, 0.3) is 0 Å². The topological polar surface area (TPSA) is 84.5 Å². The number of benzene rings is 1. The van der Waals surface area contributed by atoms with Crippen molar-refractivity contribution in [3.8, 4) is 0 Å². The van der Waals surface area contributed by atoms with E-state index in [0.717, 1.165) is 29.2 Å². The van der Waals surface area contributed by atoms with E-state index in [9.17, 15) is 14.4 Å². The fraction of sp³-hybridized carbons (Fsp3) is 0.571. The number of para-hydroxylation sites is 1. The summed E-state index contributed by atoms with van der Waals surface area (Å²) in [4.78, 5) is 35.8. The molecule has 1 aromatic carbocycles. The summed E-state index contributed by atoms with van der Waals surface area (Å²) in [7, 11) is 0. The van der Waals surface area contributed by atoms with Crippen molar-refractivity contribution in [2.75, 3.05) is 18.5 Å². The van der Waals surface area contributed by atoms with Crippen molar-refractivity contribution in [3.05, 3.63) is 29.3 Å². The van der Waals surface area contributed by atoms with Gasteiger partial charge in [-0.05, 0) is 62.0 Å². The largest absolute Gasteiger partial charge is 0.456 e. The highest BCUT2D eigenvalue weighted by Crippen LogP contribution is 2.49. The van der Waals surface area contributed by atoms with Crippen LogP contribution in [0.15, 0.2) is 18.2 Å². The lowest BCUT2D eigenvalue weighted by molar-refractivity contribution is -0.149. The number of aryl methyl sites for hydroxylation is 2. The second-order valence-corrected chi connectivity index (χ2v) is 7.89. The Labute approximate surface area is 160 Å². The molecule has 2 saturated carbocycles. The average molecular weight is 372 g/mol. The Morgan fingerprint density at radius 2 is 1.81 bits per heavy atom. The van der Waals surface area contributed by atoms with E-state index in [1.54, 1.807) is 0 Å². The Hall–Kier alpha value is -2.37. The molecule has 6 nitrogen and oxygen atoms in total. The van der Waals surface area contributed by atoms with E-state index in [0.29, 0.717) is 18.3 Å². The van der Waals surface area contributed by atoms with E-state index < -0.39 is 5.91 Å². The van der Waals surface area contributed by atoms with Crippen molar-refractivity contribution in [1.29, 1.82) is 0 Å². The maximum Gasteiger partial charge on any atom is 0.306 e. The molecule has 0 saturated heterocycles. The van der Waals surface area contributed by atoms with Crippen LogP contribution in [0, 0.1) is 31.6 Å². The van der Waals surface area contributed by atoms with Crippen LogP contribution in [0.2, 0.25) is 0 Å². The number of carbonyl (C=O) groups excluding carboxylic acids is 3. The Balaban J connectivity index is 1.34. The van der Waals surface area contributed by atoms with Crippen molar-refractivity contribution in [2.45, 2.75) is 46.0 Å². The molecule has 3 atom stereocenters. The lowest BCUT2D eigenvalue weighted by atomic mass is 9.86. The summed E-state index contributed by atoms with van der Waals surface area (Å²) in [5.74, 6) is 0.767. The summed E-state index contributed by atoms with van der Waals surface area (Å²) in [6.45, 7) is 3.33. The number of amides is 2. The maximum atomic E-state index is 12.0. The number of carbonyl (C=O) groups is 3. The van der Waals surface area contributed by atoms with Gasteiger partial charge < -0.3 is 15.4 Å². The highest BCUT2D eigenvalue weighted by molar-refractivity contribution is 5.96. The third-order valence-electron chi connectivity index (χ3n) is 5.87. The Kier molecular flexibility index (Phi) is 6.14. The summed E-state index contributed by atoms with van der Waals surface area (Å²) in [5.41, 5.74) is 2.68. The molecule has 0 aromatic heterocycles. The molecule has 0 unspecified atom stereocenters. The molecule has 146 valence electrons. The maximum absolute atomic E-state index is 12.0. The van der Waals surface area contributed by atoms with E-state index in [1.807, 2.05) is 32.0 Å². The van der Waals surface area contributed by atoms with Crippen molar-refractivity contribution in [1.82, 2.24) is 5.32 Å². The molecule has 0 spiro atoms. The van der Waals surface area contributed by atoms with Gasteiger partial charge in [0.05, 0.1) is 6.54 Å². The highest BCUT2D eigenvalue weighted by Gasteiger charge is 2.40. The summed E-state index contributed by atoms with van der Waals surface area (Å²) < 4.78 is 5.08. The number of esters is 1. The van der Waals surface area contributed by atoms with E-state index in [4.69, 9.17) is 4.74 Å². The Bertz CT molecular complexity index is 711. The van der Waals surface area contributed by atoms with Gasteiger partial charge in [-0.3, -0.25) is 14.4 Å². The predicted molar refractivity (Wildman–Crippen MR) is 102 cm³/mol. The number of ether oxygens (including phenoxy) is 1. The third kappa shape index (κ3) is 5.08. The molecular weight excluding hydrogens is 344 g/mol. The van der Waals surface area contributed by atoms with E-state index in [-0.39, 0.29) is 25.0 Å². The molecule has 0 heterocycles. The summed E-state index contributed by atoms with van der Waals surface area (Å²) in [6, 6.07) is 5.75. The standard InChI is InChI=1S/C21H28N2O4/c1-13-4-3-5-14(2)21(13)23-18(24)11-22-19(25)12-27-20(26)10-17-9-15-6-7-16(17)8-15/h3-5,15-17H,6-12H2,1-2H3,(H,22,25)(H,23,24)/t15-,16+,17-/m0/s1. The quantitative estimate of drug-likeness (QED) is 0.721. The monoisotopic (exact) mass is 372 g/mol. The molecule has 3 rings (SSSR count). The summed E-state index contributed by atoms with van der Waals surface area (Å²) in [6.07, 6.45) is 5.28. The molecule has 2 amide bonds. The second-order valence-electron chi connectivity index (χ2n) is 7.89. The molecular formula is C21H28N2O4. The zero-order valence-electron chi connectivity index (χ0n) is 16.0. The first kappa shape index (κ1) is 19.4. The van der Waals surface area contributed by atoms with E-state index in [1.165, 1.54) is 19.3 Å². The molecule has 2 N–H and O–H groups in total. The molecule has 2 aliphatic carbocycles. The van der Waals surface area contributed by atoms with Crippen molar-refractivity contribution in [2.24, 2.45) is 17.8 Å². The van der Waals surface area contributed by atoms with Crippen LogP contribution in [-0.2, 0) is 19.1 Å². The van der Waals surface area contributed by atoms with Crippen LogP contribution >= 0.6 is 0 Å². The molecule has 2 fully saturated rings. The molecule has 2 aliphatic rings. The van der Waals surface area contributed by atoms with Crippen LogP contribution in [0.3, 0.4) is 0 Å². The van der Waals surface area contributed by atoms with Gasteiger partial charge in [0.1, 0.15) is 0 Å². The molecule has 0 radical (unpaired) electrons. The lowest BCUT2D eigenvalue weighted by Crippen LogP contribution is -2.36. The zero-order chi connectivity index (χ0) is 19.4. The fourth-order valence-electron chi connectivity index (χ4n) is 4.47. The number of hydrogen-bond donors (Lipinski definition) is 2. The normalized spacial score (nSPS) is 23.1. The minimum Gasteiger partial charge on any atom is -0.456 e. The number of rotatable bonds is 7. The molecule has 0 aliphatic heterocycles. The van der Waals surface area contributed by atoms with Crippen molar-refractivity contribution in [3.63, 3.8) is 0 Å². The fourth-order valence-corrected chi connectivity index (χ4v) is 4.47. The number of anilines is 1. The van der Waals surface area contributed by atoms with Gasteiger partial charge >= 0.3 is 5.97 Å². The smallest absolute Gasteiger partial charge is 0.306 e. The van der Waals surface area contributed by atoms with Gasteiger partial charge in [-0.25, -0.2) is 0 Å². The van der Waals surface area contributed by atoms with Gasteiger partial charge in [-0.1, -0.05) is 24.6 Å². The van der Waals surface area contributed by atoms with Crippen molar-refractivity contribution < 1.29 is 19.1 Å². The third-order valence-corrected chi connectivity index (χ3v) is 5.87. The van der Waals surface area contributed by atoms with Gasteiger partial charge in [0.2, 0.25) is 5.91 Å². The van der Waals surface area contributed by atoms with Crippen LogP contribution in [0.4, 0.5) is 5.69 Å². The highest BCUT2D eigenvalue weighted by atomic mass is 16.5. The van der Waals surface area contributed by atoms with Crippen LogP contribution in [0.5, 0.6) is 0 Å². The second kappa shape index (κ2) is 8.55.